The molecule has 0 amide bonds. The number of nitrogens with one attached hydrogen (secondary N) is 1. The first-order chi connectivity index (χ1) is 13.5. The number of nitrogens with zero attached hydrogens (tertiary/aromatic N) is 1. The molecule has 0 aliphatic rings. The number of ether oxygens (including phenoxy) is 3. The number of hydrogen-bond donors (Lipinski definition) is 3. The van der Waals surface area contributed by atoms with Crippen LogP contribution in [0.5, 0.6) is 17.2 Å². The average Bonchev–Trinajstić information content (AvgIpc) is 3.15. The Labute approximate surface area is 161 Å². The van der Waals surface area contributed by atoms with Gasteiger partial charge in [0.25, 0.3) is 0 Å². The Morgan fingerprint density at radius 1 is 1.18 bits per heavy atom. The number of fused-ring (bicyclic) bond motifs is 1. The number of carbonyl (C=O) groups is 1. The first kappa shape index (κ1) is 19.1. The third-order valence-corrected chi connectivity index (χ3v) is 4.21. The van der Waals surface area contributed by atoms with Gasteiger partial charge in [0, 0.05) is 16.6 Å². The fourth-order valence-electron chi connectivity index (χ4n) is 2.89. The molecule has 0 saturated heterocycles. The minimum absolute atomic E-state index is 0.205. The lowest BCUT2D eigenvalue weighted by atomic mass is 10.0. The highest BCUT2D eigenvalue weighted by molar-refractivity contribution is 6.16. The molecule has 8 nitrogen and oxygen atoms in total. The van der Waals surface area contributed by atoms with E-state index in [-0.39, 0.29) is 18.1 Å². The van der Waals surface area contributed by atoms with Crippen LogP contribution in [-0.2, 0) is 0 Å². The van der Waals surface area contributed by atoms with Crippen LogP contribution in [-0.4, -0.2) is 49.0 Å². The number of aromatic nitrogens is 2. The molecule has 0 bridgehead atoms. The largest absolute Gasteiger partial charge is 0.493 e. The number of ketones is 1. The second-order valence-corrected chi connectivity index (χ2v) is 5.73. The molecule has 0 radical (unpaired) electrons. The van der Waals surface area contributed by atoms with Gasteiger partial charge in [0.15, 0.2) is 11.5 Å². The highest BCUT2D eigenvalue weighted by Crippen LogP contribution is 2.39. The van der Waals surface area contributed by atoms with Gasteiger partial charge in [-0.15, -0.1) is 0 Å². The summed E-state index contributed by atoms with van der Waals surface area (Å²) in [4.78, 5) is 13.1. The van der Waals surface area contributed by atoms with Gasteiger partial charge in [-0.1, -0.05) is 11.8 Å². The Morgan fingerprint density at radius 2 is 1.86 bits per heavy atom. The number of aromatic amines is 1. The summed E-state index contributed by atoms with van der Waals surface area (Å²) in [6.07, 6.45) is 0. The molecule has 4 N–H and O–H groups in total. The van der Waals surface area contributed by atoms with Crippen LogP contribution in [0.4, 0.5) is 5.69 Å². The molecule has 28 heavy (non-hydrogen) atoms. The standard InChI is InChI=1S/C20H19N3O5/c1-26-15-9-11(10-16(27-2)20(15)28-3)19(25)18-13-6-7-14(21)12(5-4-8-24)17(13)22-23-18/h6-7,9-10,24H,8,21H2,1-3H3,(H,22,23). The highest BCUT2D eigenvalue weighted by Gasteiger charge is 2.22. The first-order valence-electron chi connectivity index (χ1n) is 8.26. The van der Waals surface area contributed by atoms with E-state index in [1.165, 1.54) is 21.3 Å². The van der Waals surface area contributed by atoms with Gasteiger partial charge in [-0.05, 0) is 24.3 Å². The normalized spacial score (nSPS) is 10.3. The van der Waals surface area contributed by atoms with E-state index in [0.717, 1.165) is 0 Å². The molecule has 0 aliphatic carbocycles. The monoisotopic (exact) mass is 381 g/mol. The van der Waals surface area contributed by atoms with E-state index in [1.54, 1.807) is 24.3 Å². The third-order valence-electron chi connectivity index (χ3n) is 4.21. The highest BCUT2D eigenvalue weighted by atomic mass is 16.5. The van der Waals surface area contributed by atoms with Gasteiger partial charge >= 0.3 is 0 Å². The molecule has 0 spiro atoms. The lowest BCUT2D eigenvalue weighted by Gasteiger charge is -2.13. The second kappa shape index (κ2) is 7.90. The lowest BCUT2D eigenvalue weighted by molar-refractivity contribution is 0.103. The Balaban J connectivity index is 2.15. The third kappa shape index (κ3) is 3.19. The maximum absolute atomic E-state index is 13.1. The van der Waals surface area contributed by atoms with Crippen molar-refractivity contribution in [3.63, 3.8) is 0 Å². The second-order valence-electron chi connectivity index (χ2n) is 5.73. The summed E-state index contributed by atoms with van der Waals surface area (Å²) in [6, 6.07) is 6.47. The molecular weight excluding hydrogens is 362 g/mol. The molecule has 0 atom stereocenters. The van der Waals surface area contributed by atoms with E-state index in [2.05, 4.69) is 22.0 Å². The fourth-order valence-corrected chi connectivity index (χ4v) is 2.89. The van der Waals surface area contributed by atoms with Crippen LogP contribution in [0.3, 0.4) is 0 Å². The Hall–Kier alpha value is -3.70. The van der Waals surface area contributed by atoms with Crippen LogP contribution < -0.4 is 19.9 Å². The zero-order valence-electron chi connectivity index (χ0n) is 15.6. The summed E-state index contributed by atoms with van der Waals surface area (Å²) >= 11 is 0. The van der Waals surface area contributed by atoms with Crippen LogP contribution in [0.15, 0.2) is 24.3 Å². The van der Waals surface area contributed by atoms with Gasteiger partial charge < -0.3 is 25.1 Å². The Kier molecular flexibility index (Phi) is 5.38. The molecule has 2 aromatic carbocycles. The van der Waals surface area contributed by atoms with Crippen molar-refractivity contribution in [2.45, 2.75) is 0 Å². The van der Waals surface area contributed by atoms with Crippen molar-refractivity contribution in [3.05, 3.63) is 41.1 Å². The van der Waals surface area contributed by atoms with E-state index in [9.17, 15) is 4.79 Å². The van der Waals surface area contributed by atoms with Crippen molar-refractivity contribution in [1.29, 1.82) is 0 Å². The number of aliphatic hydroxyl groups excluding tert-OH is 1. The van der Waals surface area contributed by atoms with E-state index in [0.29, 0.717) is 45.0 Å². The molecule has 0 aliphatic heterocycles. The number of anilines is 1. The number of rotatable bonds is 5. The Bertz CT molecular complexity index is 1080. The van der Waals surface area contributed by atoms with Crippen molar-refractivity contribution in [3.8, 4) is 29.1 Å². The Morgan fingerprint density at radius 3 is 2.43 bits per heavy atom. The topological polar surface area (TPSA) is 120 Å². The molecule has 0 unspecified atom stereocenters. The summed E-state index contributed by atoms with van der Waals surface area (Å²) in [5.74, 6) is 6.13. The molecular formula is C20H19N3O5. The molecule has 0 fully saturated rings. The summed E-state index contributed by atoms with van der Waals surface area (Å²) in [5.41, 5.74) is 7.91. The molecule has 144 valence electrons. The summed E-state index contributed by atoms with van der Waals surface area (Å²) in [5, 5.41) is 16.5. The van der Waals surface area contributed by atoms with Crippen molar-refractivity contribution in [1.82, 2.24) is 10.2 Å². The molecule has 8 heteroatoms. The quantitative estimate of drug-likeness (QED) is 0.350. The number of aliphatic hydroxyl groups is 1. The van der Waals surface area contributed by atoms with Crippen LogP contribution in [0.1, 0.15) is 21.6 Å². The smallest absolute Gasteiger partial charge is 0.214 e. The minimum atomic E-state index is -0.337. The van der Waals surface area contributed by atoms with Gasteiger partial charge in [-0.2, -0.15) is 5.10 Å². The average molecular weight is 381 g/mol. The van der Waals surface area contributed by atoms with E-state index < -0.39 is 0 Å². The lowest BCUT2D eigenvalue weighted by Crippen LogP contribution is -2.05. The molecule has 1 heterocycles. The number of benzene rings is 2. The van der Waals surface area contributed by atoms with Gasteiger partial charge in [0.05, 0.1) is 32.4 Å². The van der Waals surface area contributed by atoms with Crippen LogP contribution in [0.25, 0.3) is 10.9 Å². The van der Waals surface area contributed by atoms with Crippen LogP contribution >= 0.6 is 0 Å². The van der Waals surface area contributed by atoms with Crippen molar-refractivity contribution in [2.75, 3.05) is 33.7 Å². The number of nitrogens with two attached hydrogens (primary N) is 1. The zero-order chi connectivity index (χ0) is 20.3. The first-order valence-corrected chi connectivity index (χ1v) is 8.26. The summed E-state index contributed by atoms with van der Waals surface area (Å²) in [6.45, 7) is -0.304. The number of methoxy groups -OCH3 is 3. The van der Waals surface area contributed by atoms with Gasteiger partial charge in [-0.25, -0.2) is 0 Å². The molecule has 3 rings (SSSR count). The van der Waals surface area contributed by atoms with Crippen LogP contribution in [0, 0.1) is 11.8 Å². The fraction of sp³-hybridized carbons (Fsp3) is 0.200. The summed E-state index contributed by atoms with van der Waals surface area (Å²) in [7, 11) is 4.44. The van der Waals surface area contributed by atoms with Crippen LogP contribution in [0.2, 0.25) is 0 Å². The zero-order valence-corrected chi connectivity index (χ0v) is 15.6. The molecule has 1 aromatic heterocycles. The predicted octanol–water partition coefficient (Wildman–Crippen LogP) is 1.75. The van der Waals surface area contributed by atoms with E-state index in [4.69, 9.17) is 25.1 Å². The maximum Gasteiger partial charge on any atom is 0.214 e. The van der Waals surface area contributed by atoms with Gasteiger partial charge in [0.1, 0.15) is 12.3 Å². The van der Waals surface area contributed by atoms with Crippen molar-refractivity contribution < 1.29 is 24.1 Å². The number of H-pyrrole nitrogens is 1. The maximum atomic E-state index is 13.1. The van der Waals surface area contributed by atoms with E-state index >= 15 is 0 Å². The number of hydrogen-bond acceptors (Lipinski definition) is 7. The SMILES string of the molecule is COc1cc(C(=O)c2n[nH]c3c(C#CCO)c(N)ccc23)cc(OC)c1OC. The van der Waals surface area contributed by atoms with Crippen molar-refractivity contribution in [2.24, 2.45) is 0 Å². The molecule has 3 aromatic rings. The van der Waals surface area contributed by atoms with Gasteiger partial charge in [0.2, 0.25) is 11.5 Å². The number of carbonyl (C=O) groups excluding carboxylic acids is 1. The minimum Gasteiger partial charge on any atom is -0.493 e. The summed E-state index contributed by atoms with van der Waals surface area (Å²) < 4.78 is 15.9. The molecule has 0 saturated carbocycles. The number of nitrogen functional groups attached to an aromatic ring is 1. The van der Waals surface area contributed by atoms with Crippen molar-refractivity contribution >= 4 is 22.4 Å². The van der Waals surface area contributed by atoms with E-state index in [1.807, 2.05) is 0 Å². The van der Waals surface area contributed by atoms with Gasteiger partial charge in [-0.3, -0.25) is 9.89 Å². The predicted molar refractivity (Wildman–Crippen MR) is 104 cm³/mol.